The summed E-state index contributed by atoms with van der Waals surface area (Å²) in [6.07, 6.45) is 0.195. The molecular formula is C14H19NO4. The summed E-state index contributed by atoms with van der Waals surface area (Å²) in [4.78, 5) is 10.6. The SMILES string of the molecule is O=C(O)Cc1ccc(CNCC2COCCO2)cc1. The van der Waals surface area contributed by atoms with Crippen LogP contribution in [0.15, 0.2) is 24.3 Å². The Labute approximate surface area is 112 Å². The Morgan fingerprint density at radius 1 is 1.26 bits per heavy atom. The van der Waals surface area contributed by atoms with E-state index in [9.17, 15) is 4.79 Å². The molecule has 2 N–H and O–H groups in total. The zero-order valence-electron chi connectivity index (χ0n) is 10.8. The van der Waals surface area contributed by atoms with Crippen LogP contribution in [0.3, 0.4) is 0 Å². The van der Waals surface area contributed by atoms with Crippen LogP contribution in [0.4, 0.5) is 0 Å². The van der Waals surface area contributed by atoms with Gasteiger partial charge in [-0.05, 0) is 11.1 Å². The molecule has 1 aliphatic rings. The molecule has 0 radical (unpaired) electrons. The molecule has 1 aromatic rings. The van der Waals surface area contributed by atoms with Gasteiger partial charge in [0.1, 0.15) is 0 Å². The van der Waals surface area contributed by atoms with Gasteiger partial charge in [0.15, 0.2) is 0 Å². The summed E-state index contributed by atoms with van der Waals surface area (Å²) in [6.45, 7) is 3.49. The number of ether oxygens (including phenoxy) is 2. The van der Waals surface area contributed by atoms with Crippen LogP contribution in [0.1, 0.15) is 11.1 Å². The Hall–Kier alpha value is -1.43. The van der Waals surface area contributed by atoms with Crippen molar-refractivity contribution in [2.45, 2.75) is 19.1 Å². The third kappa shape index (κ3) is 4.98. The monoisotopic (exact) mass is 265 g/mol. The largest absolute Gasteiger partial charge is 0.481 e. The van der Waals surface area contributed by atoms with Crippen LogP contribution in [0.25, 0.3) is 0 Å². The van der Waals surface area contributed by atoms with Crippen molar-refractivity contribution in [3.8, 4) is 0 Å². The van der Waals surface area contributed by atoms with Gasteiger partial charge in [-0.2, -0.15) is 0 Å². The summed E-state index contributed by atoms with van der Waals surface area (Å²) in [5.74, 6) is -0.805. The van der Waals surface area contributed by atoms with Crippen molar-refractivity contribution in [1.29, 1.82) is 0 Å². The van der Waals surface area contributed by atoms with Crippen molar-refractivity contribution in [2.75, 3.05) is 26.4 Å². The highest BCUT2D eigenvalue weighted by atomic mass is 16.6. The fraction of sp³-hybridized carbons (Fsp3) is 0.500. The topological polar surface area (TPSA) is 67.8 Å². The molecule has 5 heteroatoms. The summed E-state index contributed by atoms with van der Waals surface area (Å²) in [6, 6.07) is 7.60. The van der Waals surface area contributed by atoms with Crippen LogP contribution < -0.4 is 5.32 Å². The number of carbonyl (C=O) groups is 1. The number of aliphatic carboxylic acids is 1. The fourth-order valence-corrected chi connectivity index (χ4v) is 1.98. The minimum atomic E-state index is -0.805. The normalized spacial score (nSPS) is 19.3. The summed E-state index contributed by atoms with van der Waals surface area (Å²) in [5, 5.41) is 12.0. The first kappa shape index (κ1) is 14.0. The molecule has 1 atom stereocenters. The summed E-state index contributed by atoms with van der Waals surface area (Å²) in [7, 11) is 0. The Kier molecular flexibility index (Phi) is 5.32. The molecule has 5 nitrogen and oxygen atoms in total. The lowest BCUT2D eigenvalue weighted by Gasteiger charge is -2.23. The Balaban J connectivity index is 1.71. The third-order valence-corrected chi connectivity index (χ3v) is 2.96. The zero-order valence-corrected chi connectivity index (χ0v) is 10.8. The molecule has 0 aromatic heterocycles. The highest BCUT2D eigenvalue weighted by molar-refractivity contribution is 5.70. The van der Waals surface area contributed by atoms with E-state index >= 15 is 0 Å². The third-order valence-electron chi connectivity index (χ3n) is 2.96. The van der Waals surface area contributed by atoms with E-state index in [-0.39, 0.29) is 12.5 Å². The van der Waals surface area contributed by atoms with E-state index in [1.165, 1.54) is 0 Å². The maximum absolute atomic E-state index is 10.6. The molecule has 1 heterocycles. The molecular weight excluding hydrogens is 246 g/mol. The van der Waals surface area contributed by atoms with Gasteiger partial charge in [-0.15, -0.1) is 0 Å². The van der Waals surface area contributed by atoms with E-state index in [1.807, 2.05) is 24.3 Å². The molecule has 0 saturated carbocycles. The number of hydrogen-bond donors (Lipinski definition) is 2. The standard InChI is InChI=1S/C14H19NO4/c16-14(17)7-11-1-3-12(4-2-11)8-15-9-13-10-18-5-6-19-13/h1-4,13,15H,5-10H2,(H,16,17). The number of carboxylic acid groups (broad SMARTS) is 1. The Morgan fingerprint density at radius 3 is 2.63 bits per heavy atom. The van der Waals surface area contributed by atoms with Gasteiger partial charge in [-0.3, -0.25) is 4.79 Å². The predicted molar refractivity (Wildman–Crippen MR) is 70.0 cm³/mol. The Bertz CT molecular complexity index is 398. The summed E-state index contributed by atoms with van der Waals surface area (Å²) in [5.41, 5.74) is 1.95. The van der Waals surface area contributed by atoms with Crippen molar-refractivity contribution >= 4 is 5.97 Å². The molecule has 0 aliphatic carbocycles. The lowest BCUT2D eigenvalue weighted by atomic mass is 10.1. The van der Waals surface area contributed by atoms with Gasteiger partial charge in [0.25, 0.3) is 0 Å². The number of nitrogens with one attached hydrogen (secondary N) is 1. The number of rotatable bonds is 6. The van der Waals surface area contributed by atoms with Gasteiger partial charge >= 0.3 is 5.97 Å². The van der Waals surface area contributed by atoms with Gasteiger partial charge in [0.05, 0.1) is 32.3 Å². The smallest absolute Gasteiger partial charge is 0.307 e. The Morgan fingerprint density at radius 2 is 2.00 bits per heavy atom. The molecule has 0 amide bonds. The van der Waals surface area contributed by atoms with E-state index in [2.05, 4.69) is 5.32 Å². The van der Waals surface area contributed by atoms with Crippen LogP contribution >= 0.6 is 0 Å². The van der Waals surface area contributed by atoms with Gasteiger partial charge < -0.3 is 19.9 Å². The first-order valence-electron chi connectivity index (χ1n) is 6.44. The molecule has 1 fully saturated rings. The van der Waals surface area contributed by atoms with Crippen LogP contribution in [0.5, 0.6) is 0 Å². The first-order chi connectivity index (χ1) is 9.24. The van der Waals surface area contributed by atoms with Crippen LogP contribution in [0.2, 0.25) is 0 Å². The molecule has 1 aliphatic heterocycles. The lowest BCUT2D eigenvalue weighted by Crippen LogP contribution is -2.37. The number of hydrogen-bond acceptors (Lipinski definition) is 4. The lowest BCUT2D eigenvalue weighted by molar-refractivity contribution is -0.136. The highest BCUT2D eigenvalue weighted by Gasteiger charge is 2.13. The second kappa shape index (κ2) is 7.23. The molecule has 1 unspecified atom stereocenters. The van der Waals surface area contributed by atoms with E-state index in [0.717, 1.165) is 24.2 Å². The molecule has 1 saturated heterocycles. The van der Waals surface area contributed by atoms with Crippen molar-refractivity contribution in [3.63, 3.8) is 0 Å². The average Bonchev–Trinajstić information content (AvgIpc) is 2.41. The maximum Gasteiger partial charge on any atom is 0.307 e. The molecule has 19 heavy (non-hydrogen) atoms. The first-order valence-corrected chi connectivity index (χ1v) is 6.44. The van der Waals surface area contributed by atoms with Crippen LogP contribution in [0, 0.1) is 0 Å². The van der Waals surface area contributed by atoms with Gasteiger partial charge in [-0.1, -0.05) is 24.3 Å². The quantitative estimate of drug-likeness (QED) is 0.797. The van der Waals surface area contributed by atoms with Gasteiger partial charge in [-0.25, -0.2) is 0 Å². The van der Waals surface area contributed by atoms with Crippen LogP contribution in [-0.2, 0) is 27.2 Å². The average molecular weight is 265 g/mol. The molecule has 2 rings (SSSR count). The fourth-order valence-electron chi connectivity index (χ4n) is 1.98. The minimum Gasteiger partial charge on any atom is -0.481 e. The van der Waals surface area contributed by atoms with Gasteiger partial charge in [0.2, 0.25) is 0 Å². The zero-order chi connectivity index (χ0) is 13.5. The van der Waals surface area contributed by atoms with Crippen molar-refractivity contribution in [3.05, 3.63) is 35.4 Å². The summed E-state index contributed by atoms with van der Waals surface area (Å²) < 4.78 is 10.8. The number of benzene rings is 1. The van der Waals surface area contributed by atoms with Crippen molar-refractivity contribution < 1.29 is 19.4 Å². The van der Waals surface area contributed by atoms with E-state index in [0.29, 0.717) is 19.8 Å². The highest BCUT2D eigenvalue weighted by Crippen LogP contribution is 2.06. The molecule has 104 valence electrons. The molecule has 0 spiro atoms. The maximum atomic E-state index is 10.6. The van der Waals surface area contributed by atoms with Crippen LogP contribution in [-0.4, -0.2) is 43.5 Å². The van der Waals surface area contributed by atoms with E-state index in [4.69, 9.17) is 14.6 Å². The second-order valence-electron chi connectivity index (χ2n) is 4.59. The second-order valence-corrected chi connectivity index (χ2v) is 4.59. The molecule has 0 bridgehead atoms. The number of carboxylic acids is 1. The predicted octanol–water partition coefficient (Wildman–Crippen LogP) is 0.819. The van der Waals surface area contributed by atoms with E-state index < -0.39 is 5.97 Å². The van der Waals surface area contributed by atoms with Gasteiger partial charge in [0, 0.05) is 13.1 Å². The van der Waals surface area contributed by atoms with E-state index in [1.54, 1.807) is 0 Å². The van der Waals surface area contributed by atoms with Crippen molar-refractivity contribution in [1.82, 2.24) is 5.32 Å². The van der Waals surface area contributed by atoms with Crippen molar-refractivity contribution in [2.24, 2.45) is 0 Å². The summed E-state index contributed by atoms with van der Waals surface area (Å²) >= 11 is 0. The minimum absolute atomic E-state index is 0.0704. The molecule has 1 aromatic carbocycles.